The van der Waals surface area contributed by atoms with Crippen LogP contribution in [-0.4, -0.2) is 29.7 Å². The van der Waals surface area contributed by atoms with E-state index in [4.69, 9.17) is 0 Å². The highest BCUT2D eigenvalue weighted by Gasteiger charge is 2.06. The van der Waals surface area contributed by atoms with E-state index < -0.39 is 0 Å². The maximum absolute atomic E-state index is 11.6. The molecule has 0 radical (unpaired) electrons. The van der Waals surface area contributed by atoms with Gasteiger partial charge in [0.15, 0.2) is 5.69 Å². The average molecular weight is 236 g/mol. The minimum atomic E-state index is -0.156. The predicted octanol–water partition coefficient (Wildman–Crippen LogP) is 1.83. The van der Waals surface area contributed by atoms with Gasteiger partial charge in [-0.3, -0.25) is 4.79 Å². The number of unbranched alkanes of at least 4 members (excludes halogenated alkanes) is 3. The zero-order valence-corrected chi connectivity index (χ0v) is 10.5. The number of carbonyl (C=O) groups excluding carboxylic acids is 1. The molecule has 1 aromatic heterocycles. The molecular formula is C12H20N4O. The largest absolute Gasteiger partial charge is 0.372 e. The lowest BCUT2D eigenvalue weighted by atomic mass is 10.2. The fourth-order valence-corrected chi connectivity index (χ4v) is 1.43. The molecule has 1 amide bonds. The number of amides is 1. The second kappa shape index (κ2) is 7.60. The summed E-state index contributed by atoms with van der Waals surface area (Å²) in [6, 6.07) is 3.40. The number of hydrogen-bond acceptors (Lipinski definition) is 4. The summed E-state index contributed by atoms with van der Waals surface area (Å²) in [5.41, 5.74) is 0.361. The summed E-state index contributed by atoms with van der Waals surface area (Å²) >= 11 is 0. The van der Waals surface area contributed by atoms with Gasteiger partial charge in [0, 0.05) is 13.6 Å². The van der Waals surface area contributed by atoms with Crippen LogP contribution in [-0.2, 0) is 0 Å². The highest BCUT2D eigenvalue weighted by molar-refractivity contribution is 5.92. The van der Waals surface area contributed by atoms with Crippen molar-refractivity contribution in [3.8, 4) is 0 Å². The SMILES string of the molecule is CCCCCCNC(=O)c1ccc(NC)nn1. The van der Waals surface area contributed by atoms with Crippen LogP contribution in [0.5, 0.6) is 0 Å². The zero-order chi connectivity index (χ0) is 12.5. The molecule has 0 unspecified atom stereocenters. The monoisotopic (exact) mass is 236 g/mol. The van der Waals surface area contributed by atoms with Crippen LogP contribution in [0.25, 0.3) is 0 Å². The van der Waals surface area contributed by atoms with Crippen LogP contribution in [0.1, 0.15) is 43.1 Å². The Morgan fingerprint density at radius 2 is 2.06 bits per heavy atom. The third kappa shape index (κ3) is 4.80. The van der Waals surface area contributed by atoms with E-state index in [2.05, 4.69) is 27.8 Å². The van der Waals surface area contributed by atoms with Gasteiger partial charge in [0.1, 0.15) is 5.82 Å². The summed E-state index contributed by atoms with van der Waals surface area (Å²) in [4.78, 5) is 11.6. The van der Waals surface area contributed by atoms with Crippen molar-refractivity contribution in [1.82, 2.24) is 15.5 Å². The first-order valence-corrected chi connectivity index (χ1v) is 6.07. The summed E-state index contributed by atoms with van der Waals surface area (Å²) in [6.07, 6.45) is 4.58. The maximum Gasteiger partial charge on any atom is 0.271 e. The topological polar surface area (TPSA) is 66.9 Å². The highest BCUT2D eigenvalue weighted by Crippen LogP contribution is 2.01. The van der Waals surface area contributed by atoms with E-state index in [0.29, 0.717) is 18.1 Å². The predicted molar refractivity (Wildman–Crippen MR) is 68.1 cm³/mol. The molecule has 94 valence electrons. The number of carbonyl (C=O) groups is 1. The van der Waals surface area contributed by atoms with Crippen LogP contribution in [0.15, 0.2) is 12.1 Å². The molecule has 5 nitrogen and oxygen atoms in total. The van der Waals surface area contributed by atoms with Crippen LogP contribution in [0.3, 0.4) is 0 Å². The van der Waals surface area contributed by atoms with Crippen molar-refractivity contribution in [2.75, 3.05) is 18.9 Å². The standard InChI is InChI=1S/C12H20N4O/c1-3-4-5-6-9-14-12(17)10-7-8-11(13-2)16-15-10/h7-8H,3-6,9H2,1-2H3,(H,13,16)(H,14,17). The fraction of sp³-hybridized carbons (Fsp3) is 0.583. The zero-order valence-electron chi connectivity index (χ0n) is 10.5. The molecule has 0 spiro atoms. The van der Waals surface area contributed by atoms with E-state index in [0.717, 1.165) is 12.8 Å². The van der Waals surface area contributed by atoms with Crippen molar-refractivity contribution in [3.63, 3.8) is 0 Å². The van der Waals surface area contributed by atoms with Crippen LogP contribution in [0.4, 0.5) is 5.82 Å². The lowest BCUT2D eigenvalue weighted by Gasteiger charge is -2.04. The molecule has 0 aliphatic heterocycles. The number of hydrogen-bond donors (Lipinski definition) is 2. The van der Waals surface area contributed by atoms with Gasteiger partial charge in [-0.15, -0.1) is 10.2 Å². The molecule has 1 aromatic rings. The lowest BCUT2D eigenvalue weighted by Crippen LogP contribution is -2.25. The van der Waals surface area contributed by atoms with E-state index >= 15 is 0 Å². The molecular weight excluding hydrogens is 216 g/mol. The van der Waals surface area contributed by atoms with Crippen LogP contribution >= 0.6 is 0 Å². The van der Waals surface area contributed by atoms with Gasteiger partial charge in [-0.05, 0) is 18.6 Å². The van der Waals surface area contributed by atoms with Crippen molar-refractivity contribution >= 4 is 11.7 Å². The molecule has 0 bridgehead atoms. The molecule has 5 heteroatoms. The molecule has 0 fully saturated rings. The first-order valence-electron chi connectivity index (χ1n) is 6.07. The van der Waals surface area contributed by atoms with Crippen molar-refractivity contribution in [2.45, 2.75) is 32.6 Å². The third-order valence-electron chi connectivity index (χ3n) is 2.47. The van der Waals surface area contributed by atoms with Gasteiger partial charge in [-0.2, -0.15) is 0 Å². The van der Waals surface area contributed by atoms with E-state index in [9.17, 15) is 4.79 Å². The third-order valence-corrected chi connectivity index (χ3v) is 2.47. The van der Waals surface area contributed by atoms with Gasteiger partial charge in [0.25, 0.3) is 5.91 Å². The summed E-state index contributed by atoms with van der Waals surface area (Å²) in [7, 11) is 1.76. The summed E-state index contributed by atoms with van der Waals surface area (Å²) in [5, 5.41) is 13.4. The Balaban J connectivity index is 2.31. The van der Waals surface area contributed by atoms with Crippen LogP contribution in [0, 0.1) is 0 Å². The van der Waals surface area contributed by atoms with Crippen molar-refractivity contribution < 1.29 is 4.79 Å². The van der Waals surface area contributed by atoms with Gasteiger partial charge in [-0.25, -0.2) is 0 Å². The smallest absolute Gasteiger partial charge is 0.271 e. The second-order valence-electron chi connectivity index (χ2n) is 3.87. The van der Waals surface area contributed by atoms with Gasteiger partial charge < -0.3 is 10.6 Å². The van der Waals surface area contributed by atoms with E-state index in [-0.39, 0.29) is 5.91 Å². The summed E-state index contributed by atoms with van der Waals surface area (Å²) in [5.74, 6) is 0.501. The number of aromatic nitrogens is 2. The number of nitrogens with one attached hydrogen (secondary N) is 2. The quantitative estimate of drug-likeness (QED) is 0.709. The average Bonchev–Trinajstić information content (AvgIpc) is 2.38. The molecule has 0 atom stereocenters. The van der Waals surface area contributed by atoms with E-state index in [1.165, 1.54) is 12.8 Å². The normalized spacial score (nSPS) is 10.0. The Kier molecular flexibility index (Phi) is 5.99. The number of anilines is 1. The molecule has 0 saturated carbocycles. The molecule has 0 aliphatic carbocycles. The molecule has 17 heavy (non-hydrogen) atoms. The Morgan fingerprint density at radius 1 is 1.24 bits per heavy atom. The van der Waals surface area contributed by atoms with Crippen LogP contribution < -0.4 is 10.6 Å². The molecule has 2 N–H and O–H groups in total. The molecule has 1 heterocycles. The number of nitrogens with zero attached hydrogens (tertiary/aromatic N) is 2. The minimum absolute atomic E-state index is 0.156. The Morgan fingerprint density at radius 3 is 2.65 bits per heavy atom. The summed E-state index contributed by atoms with van der Waals surface area (Å²) in [6.45, 7) is 2.87. The lowest BCUT2D eigenvalue weighted by molar-refractivity contribution is 0.0947. The van der Waals surface area contributed by atoms with Gasteiger partial charge in [0.2, 0.25) is 0 Å². The molecule has 1 rings (SSSR count). The van der Waals surface area contributed by atoms with Crippen LogP contribution in [0.2, 0.25) is 0 Å². The van der Waals surface area contributed by atoms with Gasteiger partial charge in [-0.1, -0.05) is 26.2 Å². The molecule has 0 aliphatic rings. The molecule has 0 saturated heterocycles. The highest BCUT2D eigenvalue weighted by atomic mass is 16.1. The minimum Gasteiger partial charge on any atom is -0.372 e. The van der Waals surface area contributed by atoms with E-state index in [1.807, 2.05) is 0 Å². The Labute approximate surface area is 102 Å². The Hall–Kier alpha value is -1.65. The van der Waals surface area contributed by atoms with Gasteiger partial charge >= 0.3 is 0 Å². The fourth-order valence-electron chi connectivity index (χ4n) is 1.43. The maximum atomic E-state index is 11.6. The van der Waals surface area contributed by atoms with E-state index in [1.54, 1.807) is 19.2 Å². The molecule has 0 aromatic carbocycles. The first kappa shape index (κ1) is 13.4. The Bertz CT molecular complexity index is 337. The van der Waals surface area contributed by atoms with Crippen molar-refractivity contribution in [1.29, 1.82) is 0 Å². The van der Waals surface area contributed by atoms with Crippen molar-refractivity contribution in [3.05, 3.63) is 17.8 Å². The van der Waals surface area contributed by atoms with Gasteiger partial charge in [0.05, 0.1) is 0 Å². The second-order valence-corrected chi connectivity index (χ2v) is 3.87. The van der Waals surface area contributed by atoms with Crippen molar-refractivity contribution in [2.24, 2.45) is 0 Å². The number of rotatable bonds is 7. The summed E-state index contributed by atoms with van der Waals surface area (Å²) < 4.78 is 0. The first-order chi connectivity index (χ1) is 8.27.